The van der Waals surface area contributed by atoms with Crippen molar-refractivity contribution in [1.82, 2.24) is 19.9 Å². The summed E-state index contributed by atoms with van der Waals surface area (Å²) in [6.07, 6.45) is 5.35. The molecule has 0 spiro atoms. The molecular formula is C13H23ClN6. The van der Waals surface area contributed by atoms with Crippen LogP contribution in [0.1, 0.15) is 32.6 Å². The standard InChI is InChI=1S/C13H23ClN6/c1-3-15-12-17-11(14)18-13(19-12)16-8-9-20(2)10-6-4-5-7-10/h10H,3-9H2,1-2H3,(H2,15,16,17,18,19). The molecule has 1 fully saturated rings. The van der Waals surface area contributed by atoms with Gasteiger partial charge >= 0.3 is 0 Å². The molecule has 20 heavy (non-hydrogen) atoms. The first-order valence-corrected chi connectivity index (χ1v) is 7.66. The molecule has 0 saturated heterocycles. The number of nitrogens with zero attached hydrogens (tertiary/aromatic N) is 4. The smallest absolute Gasteiger partial charge is 0.228 e. The SMILES string of the molecule is CCNc1nc(Cl)nc(NCCN(C)C2CCCC2)n1. The number of aromatic nitrogens is 3. The average Bonchev–Trinajstić information content (AvgIpc) is 2.92. The van der Waals surface area contributed by atoms with E-state index in [0.29, 0.717) is 11.9 Å². The predicted octanol–water partition coefficient (Wildman–Crippen LogP) is 2.24. The highest BCUT2D eigenvalue weighted by Crippen LogP contribution is 2.21. The molecule has 0 bridgehead atoms. The molecule has 112 valence electrons. The molecule has 0 aromatic carbocycles. The van der Waals surface area contributed by atoms with Crippen LogP contribution in [0.4, 0.5) is 11.9 Å². The summed E-state index contributed by atoms with van der Waals surface area (Å²) < 4.78 is 0. The summed E-state index contributed by atoms with van der Waals surface area (Å²) in [5.74, 6) is 1.04. The van der Waals surface area contributed by atoms with E-state index in [-0.39, 0.29) is 5.28 Å². The minimum Gasteiger partial charge on any atom is -0.354 e. The second-order valence-electron chi connectivity index (χ2n) is 5.13. The number of halogens is 1. The van der Waals surface area contributed by atoms with Crippen molar-refractivity contribution >= 4 is 23.5 Å². The van der Waals surface area contributed by atoms with E-state index >= 15 is 0 Å². The lowest BCUT2D eigenvalue weighted by molar-refractivity contribution is 0.254. The normalized spacial score (nSPS) is 15.8. The van der Waals surface area contributed by atoms with Crippen LogP contribution in [0.5, 0.6) is 0 Å². The van der Waals surface area contributed by atoms with Crippen molar-refractivity contribution in [2.75, 3.05) is 37.3 Å². The molecule has 7 heteroatoms. The van der Waals surface area contributed by atoms with Crippen LogP contribution in [0.15, 0.2) is 0 Å². The zero-order valence-electron chi connectivity index (χ0n) is 12.2. The third-order valence-corrected chi connectivity index (χ3v) is 3.81. The second-order valence-corrected chi connectivity index (χ2v) is 5.47. The maximum absolute atomic E-state index is 5.88. The second kappa shape index (κ2) is 7.59. The first-order valence-electron chi connectivity index (χ1n) is 7.28. The summed E-state index contributed by atoms with van der Waals surface area (Å²) in [5, 5.41) is 6.46. The third-order valence-electron chi connectivity index (χ3n) is 3.64. The molecule has 0 radical (unpaired) electrons. The van der Waals surface area contributed by atoms with E-state index in [0.717, 1.165) is 25.7 Å². The molecule has 0 unspecified atom stereocenters. The maximum atomic E-state index is 5.88. The van der Waals surface area contributed by atoms with Gasteiger partial charge in [0.25, 0.3) is 0 Å². The Hall–Kier alpha value is -1.14. The number of nitrogens with one attached hydrogen (secondary N) is 2. The van der Waals surface area contributed by atoms with E-state index in [4.69, 9.17) is 11.6 Å². The van der Waals surface area contributed by atoms with Gasteiger partial charge < -0.3 is 15.5 Å². The number of hydrogen-bond acceptors (Lipinski definition) is 6. The fourth-order valence-corrected chi connectivity index (χ4v) is 2.70. The van der Waals surface area contributed by atoms with Gasteiger partial charge in [0.1, 0.15) is 0 Å². The van der Waals surface area contributed by atoms with Gasteiger partial charge in [-0.15, -0.1) is 0 Å². The van der Waals surface area contributed by atoms with Crippen LogP contribution in [-0.2, 0) is 0 Å². The van der Waals surface area contributed by atoms with Crippen molar-refractivity contribution in [3.63, 3.8) is 0 Å². The minimum atomic E-state index is 0.211. The molecule has 1 aliphatic carbocycles. The van der Waals surface area contributed by atoms with Crippen molar-refractivity contribution in [2.24, 2.45) is 0 Å². The topological polar surface area (TPSA) is 66.0 Å². The molecule has 1 saturated carbocycles. The van der Waals surface area contributed by atoms with Gasteiger partial charge in [0.15, 0.2) is 0 Å². The zero-order valence-corrected chi connectivity index (χ0v) is 12.9. The van der Waals surface area contributed by atoms with Crippen LogP contribution in [0, 0.1) is 0 Å². The van der Waals surface area contributed by atoms with Gasteiger partial charge in [0.2, 0.25) is 17.2 Å². The highest BCUT2D eigenvalue weighted by Gasteiger charge is 2.18. The van der Waals surface area contributed by atoms with Gasteiger partial charge in [0, 0.05) is 25.7 Å². The lowest BCUT2D eigenvalue weighted by Crippen LogP contribution is -2.33. The van der Waals surface area contributed by atoms with Gasteiger partial charge in [0.05, 0.1) is 0 Å². The zero-order chi connectivity index (χ0) is 14.4. The van der Waals surface area contributed by atoms with E-state index < -0.39 is 0 Å². The van der Waals surface area contributed by atoms with Crippen LogP contribution < -0.4 is 10.6 Å². The molecule has 2 N–H and O–H groups in total. The summed E-state index contributed by atoms with van der Waals surface area (Å²) in [7, 11) is 2.18. The molecule has 2 rings (SSSR count). The number of hydrogen-bond donors (Lipinski definition) is 2. The molecule has 0 aliphatic heterocycles. The Kier molecular flexibility index (Phi) is 5.79. The van der Waals surface area contributed by atoms with E-state index in [2.05, 4.69) is 37.5 Å². The first-order chi connectivity index (χ1) is 9.69. The van der Waals surface area contributed by atoms with Crippen LogP contribution in [0.2, 0.25) is 5.28 Å². The molecule has 0 amide bonds. The van der Waals surface area contributed by atoms with Crippen molar-refractivity contribution in [3.8, 4) is 0 Å². The molecule has 6 nitrogen and oxygen atoms in total. The largest absolute Gasteiger partial charge is 0.354 e. The van der Waals surface area contributed by atoms with Crippen LogP contribution in [0.25, 0.3) is 0 Å². The molecular weight excluding hydrogens is 276 g/mol. The molecule has 1 aromatic heterocycles. The summed E-state index contributed by atoms with van der Waals surface area (Å²) in [6, 6.07) is 0.732. The minimum absolute atomic E-state index is 0.211. The monoisotopic (exact) mass is 298 g/mol. The van der Waals surface area contributed by atoms with Crippen LogP contribution in [-0.4, -0.2) is 52.6 Å². The van der Waals surface area contributed by atoms with Crippen molar-refractivity contribution in [2.45, 2.75) is 38.6 Å². The summed E-state index contributed by atoms with van der Waals surface area (Å²) in [6.45, 7) is 4.52. The van der Waals surface area contributed by atoms with E-state index in [9.17, 15) is 0 Å². The Morgan fingerprint density at radius 2 is 1.80 bits per heavy atom. The Balaban J connectivity index is 1.80. The van der Waals surface area contributed by atoms with Crippen LogP contribution in [0.3, 0.4) is 0 Å². The van der Waals surface area contributed by atoms with Crippen molar-refractivity contribution in [3.05, 3.63) is 5.28 Å². The quantitative estimate of drug-likeness (QED) is 0.805. The Bertz CT molecular complexity index is 421. The number of rotatable bonds is 7. The van der Waals surface area contributed by atoms with E-state index in [1.54, 1.807) is 0 Å². The lowest BCUT2D eigenvalue weighted by Gasteiger charge is -2.23. The maximum Gasteiger partial charge on any atom is 0.228 e. The van der Waals surface area contributed by atoms with E-state index in [1.165, 1.54) is 25.7 Å². The first kappa shape index (κ1) is 15.3. The Morgan fingerprint density at radius 1 is 1.15 bits per heavy atom. The predicted molar refractivity (Wildman–Crippen MR) is 82.4 cm³/mol. The fourth-order valence-electron chi connectivity index (χ4n) is 2.54. The highest BCUT2D eigenvalue weighted by molar-refractivity contribution is 6.28. The third kappa shape index (κ3) is 4.45. The molecule has 0 atom stereocenters. The fraction of sp³-hybridized carbons (Fsp3) is 0.769. The Labute approximate surface area is 125 Å². The Morgan fingerprint density at radius 3 is 2.45 bits per heavy atom. The summed E-state index contributed by atoms with van der Waals surface area (Å²) in [4.78, 5) is 14.8. The van der Waals surface area contributed by atoms with Crippen molar-refractivity contribution in [1.29, 1.82) is 0 Å². The summed E-state index contributed by atoms with van der Waals surface area (Å²) >= 11 is 5.88. The average molecular weight is 299 g/mol. The number of likely N-dealkylation sites (N-methyl/N-ethyl adjacent to an activating group) is 1. The van der Waals surface area contributed by atoms with Crippen molar-refractivity contribution < 1.29 is 0 Å². The van der Waals surface area contributed by atoms with Gasteiger partial charge in [-0.1, -0.05) is 12.8 Å². The van der Waals surface area contributed by atoms with E-state index in [1.807, 2.05) is 6.92 Å². The van der Waals surface area contributed by atoms with Gasteiger partial charge in [-0.2, -0.15) is 15.0 Å². The highest BCUT2D eigenvalue weighted by atomic mass is 35.5. The molecule has 1 heterocycles. The lowest BCUT2D eigenvalue weighted by atomic mass is 10.2. The van der Waals surface area contributed by atoms with Crippen LogP contribution >= 0.6 is 11.6 Å². The number of anilines is 2. The molecule has 1 aromatic rings. The van der Waals surface area contributed by atoms with Gasteiger partial charge in [-0.05, 0) is 38.4 Å². The van der Waals surface area contributed by atoms with Gasteiger partial charge in [-0.25, -0.2) is 0 Å². The molecule has 1 aliphatic rings. The summed E-state index contributed by atoms with van der Waals surface area (Å²) in [5.41, 5.74) is 0. The van der Waals surface area contributed by atoms with Gasteiger partial charge in [-0.3, -0.25) is 0 Å².